The van der Waals surface area contributed by atoms with Crippen molar-refractivity contribution in [3.05, 3.63) is 82.4 Å². The van der Waals surface area contributed by atoms with Crippen molar-refractivity contribution in [3.8, 4) is 23.0 Å². The van der Waals surface area contributed by atoms with Gasteiger partial charge in [-0.15, -0.1) is 0 Å². The molecule has 3 aromatic carbocycles. The zero-order chi connectivity index (χ0) is 25.0. The van der Waals surface area contributed by atoms with E-state index < -0.39 is 5.91 Å². The van der Waals surface area contributed by atoms with Crippen molar-refractivity contribution in [1.82, 2.24) is 5.43 Å². The third-order valence-electron chi connectivity index (χ3n) is 4.82. The third kappa shape index (κ3) is 7.39. The first-order chi connectivity index (χ1) is 17.0. The van der Waals surface area contributed by atoms with Crippen LogP contribution >= 0.6 is 11.6 Å². The standard InChI is InChI=1S/C27H29ClN2O5/c1-4-13-34-26-22(28)14-20(15-25(26)32-3)17-29-30-27(31)21-11-12-23(24(16-21)33-5-2)35-18-19-9-7-6-8-10-19/h6-12,14-17H,4-5,13,18H2,1-3H3,(H,30,31)/b29-17+. The molecule has 0 bridgehead atoms. The number of amides is 1. The van der Waals surface area contributed by atoms with E-state index in [1.807, 2.05) is 44.2 Å². The van der Waals surface area contributed by atoms with Crippen LogP contribution in [0.5, 0.6) is 23.0 Å². The fraction of sp³-hybridized carbons (Fsp3) is 0.259. The zero-order valence-corrected chi connectivity index (χ0v) is 20.8. The van der Waals surface area contributed by atoms with Gasteiger partial charge in [-0.05, 0) is 54.8 Å². The largest absolute Gasteiger partial charge is 0.493 e. The van der Waals surface area contributed by atoms with Gasteiger partial charge >= 0.3 is 0 Å². The molecule has 0 spiro atoms. The van der Waals surface area contributed by atoms with Gasteiger partial charge < -0.3 is 18.9 Å². The van der Waals surface area contributed by atoms with Crippen molar-refractivity contribution in [2.75, 3.05) is 20.3 Å². The Labute approximate surface area is 210 Å². The summed E-state index contributed by atoms with van der Waals surface area (Å²) in [5.74, 6) is 1.63. The lowest BCUT2D eigenvalue weighted by Crippen LogP contribution is -2.17. The molecule has 1 amide bonds. The summed E-state index contributed by atoms with van der Waals surface area (Å²) >= 11 is 6.33. The summed E-state index contributed by atoms with van der Waals surface area (Å²) in [5.41, 5.74) is 4.59. The Kier molecular flexibility index (Phi) is 9.80. The molecule has 0 radical (unpaired) electrons. The van der Waals surface area contributed by atoms with Crippen LogP contribution in [-0.4, -0.2) is 32.4 Å². The second-order valence-electron chi connectivity index (χ2n) is 7.45. The van der Waals surface area contributed by atoms with E-state index in [1.54, 1.807) is 30.3 Å². The molecule has 35 heavy (non-hydrogen) atoms. The van der Waals surface area contributed by atoms with Gasteiger partial charge in [-0.2, -0.15) is 5.10 Å². The molecule has 0 aliphatic heterocycles. The van der Waals surface area contributed by atoms with Gasteiger partial charge in [-0.25, -0.2) is 5.43 Å². The van der Waals surface area contributed by atoms with Gasteiger partial charge in [0.25, 0.3) is 5.91 Å². The minimum atomic E-state index is -0.391. The SMILES string of the molecule is CCCOc1c(Cl)cc(/C=N/NC(=O)c2ccc(OCc3ccccc3)c(OCC)c2)cc1OC. The Morgan fingerprint density at radius 3 is 2.49 bits per heavy atom. The molecule has 0 atom stereocenters. The van der Waals surface area contributed by atoms with Crippen LogP contribution in [0.4, 0.5) is 0 Å². The lowest BCUT2D eigenvalue weighted by Gasteiger charge is -2.13. The lowest BCUT2D eigenvalue weighted by atomic mass is 10.2. The van der Waals surface area contributed by atoms with Gasteiger partial charge in [0.05, 0.1) is 31.6 Å². The Morgan fingerprint density at radius 1 is 0.971 bits per heavy atom. The smallest absolute Gasteiger partial charge is 0.271 e. The number of methoxy groups -OCH3 is 1. The zero-order valence-electron chi connectivity index (χ0n) is 20.0. The van der Waals surface area contributed by atoms with Crippen molar-refractivity contribution in [2.24, 2.45) is 5.10 Å². The molecule has 0 aliphatic rings. The van der Waals surface area contributed by atoms with Crippen molar-refractivity contribution >= 4 is 23.7 Å². The molecule has 0 unspecified atom stereocenters. The van der Waals surface area contributed by atoms with E-state index in [2.05, 4.69) is 10.5 Å². The summed E-state index contributed by atoms with van der Waals surface area (Å²) in [7, 11) is 1.54. The monoisotopic (exact) mass is 496 g/mol. The Hall–Kier alpha value is -3.71. The number of hydrogen-bond donors (Lipinski definition) is 1. The van der Waals surface area contributed by atoms with E-state index in [9.17, 15) is 4.79 Å². The number of carbonyl (C=O) groups excluding carboxylic acids is 1. The first-order valence-electron chi connectivity index (χ1n) is 11.3. The maximum Gasteiger partial charge on any atom is 0.271 e. The van der Waals surface area contributed by atoms with E-state index >= 15 is 0 Å². The number of hydrogen-bond acceptors (Lipinski definition) is 6. The Morgan fingerprint density at radius 2 is 1.77 bits per heavy atom. The summed E-state index contributed by atoms with van der Waals surface area (Å²) in [6, 6.07) is 18.3. The highest BCUT2D eigenvalue weighted by molar-refractivity contribution is 6.32. The molecule has 0 aromatic heterocycles. The van der Waals surface area contributed by atoms with Crippen molar-refractivity contribution < 1.29 is 23.7 Å². The first kappa shape index (κ1) is 25.9. The van der Waals surface area contributed by atoms with Crippen LogP contribution < -0.4 is 24.4 Å². The Balaban J connectivity index is 1.68. The highest BCUT2D eigenvalue weighted by Crippen LogP contribution is 2.36. The normalized spacial score (nSPS) is 10.7. The molecule has 184 valence electrons. The van der Waals surface area contributed by atoms with Crippen LogP contribution in [-0.2, 0) is 6.61 Å². The van der Waals surface area contributed by atoms with Gasteiger partial charge in [0.1, 0.15) is 6.61 Å². The number of nitrogens with one attached hydrogen (secondary N) is 1. The minimum absolute atomic E-state index is 0.386. The molecule has 8 heteroatoms. The molecule has 0 aliphatic carbocycles. The maximum absolute atomic E-state index is 12.7. The van der Waals surface area contributed by atoms with Crippen LogP contribution in [0.3, 0.4) is 0 Å². The van der Waals surface area contributed by atoms with Gasteiger partial charge in [-0.1, -0.05) is 48.9 Å². The predicted molar refractivity (Wildman–Crippen MR) is 137 cm³/mol. The molecule has 7 nitrogen and oxygen atoms in total. The summed E-state index contributed by atoms with van der Waals surface area (Å²) < 4.78 is 22.6. The molecule has 0 fully saturated rings. The van der Waals surface area contributed by atoms with E-state index in [0.29, 0.717) is 59.0 Å². The Bertz CT molecular complexity index is 1150. The average Bonchev–Trinajstić information content (AvgIpc) is 2.87. The van der Waals surface area contributed by atoms with Crippen LogP contribution in [0.15, 0.2) is 65.8 Å². The van der Waals surface area contributed by atoms with E-state index in [1.165, 1.54) is 13.3 Å². The van der Waals surface area contributed by atoms with Gasteiger partial charge in [-0.3, -0.25) is 4.79 Å². The summed E-state index contributed by atoms with van der Waals surface area (Å²) in [4.78, 5) is 12.7. The van der Waals surface area contributed by atoms with Crippen LogP contribution in [0.1, 0.15) is 41.8 Å². The number of hydrazone groups is 1. The minimum Gasteiger partial charge on any atom is -0.493 e. The molecule has 3 rings (SSSR count). The topological polar surface area (TPSA) is 78.4 Å². The number of carbonyl (C=O) groups is 1. The average molecular weight is 497 g/mol. The number of halogens is 1. The molecule has 0 heterocycles. The first-order valence-corrected chi connectivity index (χ1v) is 11.7. The predicted octanol–water partition coefficient (Wildman–Crippen LogP) is 5.88. The van der Waals surface area contributed by atoms with Crippen LogP contribution in [0.2, 0.25) is 5.02 Å². The molecule has 3 aromatic rings. The van der Waals surface area contributed by atoms with Crippen molar-refractivity contribution in [2.45, 2.75) is 26.9 Å². The summed E-state index contributed by atoms with van der Waals surface area (Å²) in [5, 5.41) is 4.45. The van der Waals surface area contributed by atoms with Crippen LogP contribution in [0.25, 0.3) is 0 Å². The number of rotatable bonds is 12. The molecule has 0 saturated heterocycles. The summed E-state index contributed by atoms with van der Waals surface area (Å²) in [6.45, 7) is 5.23. The van der Waals surface area contributed by atoms with Crippen molar-refractivity contribution in [1.29, 1.82) is 0 Å². The lowest BCUT2D eigenvalue weighted by molar-refractivity contribution is 0.0954. The van der Waals surface area contributed by atoms with Gasteiger partial charge in [0.2, 0.25) is 0 Å². The molecule has 0 saturated carbocycles. The fourth-order valence-corrected chi connectivity index (χ4v) is 3.43. The summed E-state index contributed by atoms with van der Waals surface area (Å²) in [6.07, 6.45) is 2.33. The second-order valence-corrected chi connectivity index (χ2v) is 7.86. The van der Waals surface area contributed by atoms with Crippen molar-refractivity contribution in [3.63, 3.8) is 0 Å². The van der Waals surface area contributed by atoms with E-state index in [-0.39, 0.29) is 0 Å². The third-order valence-corrected chi connectivity index (χ3v) is 5.11. The molecule has 1 N–H and O–H groups in total. The highest BCUT2D eigenvalue weighted by Gasteiger charge is 2.13. The quantitative estimate of drug-likeness (QED) is 0.250. The molecular weight excluding hydrogens is 468 g/mol. The van der Waals surface area contributed by atoms with Gasteiger partial charge in [0, 0.05) is 5.56 Å². The number of ether oxygens (including phenoxy) is 4. The molecular formula is C27H29ClN2O5. The van der Waals surface area contributed by atoms with E-state index in [0.717, 1.165) is 12.0 Å². The van der Waals surface area contributed by atoms with Crippen LogP contribution in [0, 0.1) is 0 Å². The van der Waals surface area contributed by atoms with E-state index in [4.69, 9.17) is 30.5 Å². The highest BCUT2D eigenvalue weighted by atomic mass is 35.5. The second kappa shape index (κ2) is 13.2. The fourth-order valence-electron chi connectivity index (χ4n) is 3.16. The number of benzene rings is 3. The number of nitrogens with zero attached hydrogens (tertiary/aromatic N) is 1. The maximum atomic E-state index is 12.7. The van der Waals surface area contributed by atoms with Gasteiger partial charge in [0.15, 0.2) is 23.0 Å².